The molecule has 2 aromatic heterocycles. The Balaban J connectivity index is 1.24. The molecule has 224 valence electrons. The van der Waals surface area contributed by atoms with Crippen LogP contribution in [0.1, 0.15) is 84.9 Å². The van der Waals surface area contributed by atoms with Crippen LogP contribution in [0.25, 0.3) is 0 Å². The van der Waals surface area contributed by atoms with Gasteiger partial charge in [0.25, 0.3) is 5.56 Å². The first-order valence-electron chi connectivity index (χ1n) is 14.0. The number of halogens is 5. The summed E-state index contributed by atoms with van der Waals surface area (Å²) in [4.78, 5) is 27.2. The average Bonchev–Trinajstić information content (AvgIpc) is 3.71. The van der Waals surface area contributed by atoms with Crippen LogP contribution in [0.3, 0.4) is 0 Å². The van der Waals surface area contributed by atoms with E-state index in [4.69, 9.17) is 0 Å². The predicted molar refractivity (Wildman–Crippen MR) is 140 cm³/mol. The Bertz CT molecular complexity index is 1560. The van der Waals surface area contributed by atoms with Crippen LogP contribution in [-0.2, 0) is 12.0 Å². The van der Waals surface area contributed by atoms with E-state index >= 15 is 0 Å². The molecule has 6 rings (SSSR count). The minimum atomic E-state index is -4.55. The Morgan fingerprint density at radius 3 is 2.48 bits per heavy atom. The summed E-state index contributed by atoms with van der Waals surface area (Å²) in [5, 5.41) is 17.4. The van der Waals surface area contributed by atoms with Crippen molar-refractivity contribution in [1.82, 2.24) is 35.2 Å². The first-order chi connectivity index (χ1) is 20.0. The minimum Gasteiger partial charge on any atom is -0.328 e. The van der Waals surface area contributed by atoms with Gasteiger partial charge in [-0.15, -0.1) is 10.2 Å². The van der Waals surface area contributed by atoms with Crippen molar-refractivity contribution in [3.63, 3.8) is 0 Å². The molecule has 0 bridgehead atoms. The Kier molecular flexibility index (Phi) is 7.04. The SMILES string of the molecule is Cc1cc(C2CCN(C(=O)N[C@@H]3CC[C@@H](c4cccc(F)c4F)Cn4c3nnc4C3(C(F)(F)F)CC3)CC2)c(=O)[nH]n1. The van der Waals surface area contributed by atoms with Crippen molar-refractivity contribution in [2.24, 2.45) is 0 Å². The number of benzene rings is 1. The zero-order valence-corrected chi connectivity index (χ0v) is 22.8. The summed E-state index contributed by atoms with van der Waals surface area (Å²) in [5.41, 5.74) is -1.02. The zero-order valence-electron chi connectivity index (χ0n) is 22.8. The highest BCUT2D eigenvalue weighted by atomic mass is 19.4. The highest BCUT2D eigenvalue weighted by Gasteiger charge is 2.67. The molecule has 2 aliphatic heterocycles. The number of amides is 2. The van der Waals surface area contributed by atoms with Gasteiger partial charge >= 0.3 is 12.2 Å². The molecule has 2 fully saturated rings. The Morgan fingerprint density at radius 1 is 1.05 bits per heavy atom. The Morgan fingerprint density at radius 2 is 1.79 bits per heavy atom. The molecule has 9 nitrogen and oxygen atoms in total. The number of piperidine rings is 1. The molecule has 2 N–H and O–H groups in total. The summed E-state index contributed by atoms with van der Waals surface area (Å²) in [6, 6.07) is 4.35. The summed E-state index contributed by atoms with van der Waals surface area (Å²) in [6.45, 7) is 2.45. The quantitative estimate of drug-likeness (QED) is 0.426. The minimum absolute atomic E-state index is 0.0398. The summed E-state index contributed by atoms with van der Waals surface area (Å²) in [6.07, 6.45) is -3.20. The number of aromatic nitrogens is 5. The lowest BCUT2D eigenvalue weighted by Gasteiger charge is -2.33. The van der Waals surface area contributed by atoms with Crippen LogP contribution in [0.2, 0.25) is 0 Å². The topological polar surface area (TPSA) is 109 Å². The van der Waals surface area contributed by atoms with Crippen LogP contribution >= 0.6 is 0 Å². The lowest BCUT2D eigenvalue weighted by Crippen LogP contribution is -2.46. The van der Waals surface area contributed by atoms with Gasteiger partial charge in [-0.05, 0) is 69.1 Å². The van der Waals surface area contributed by atoms with Gasteiger partial charge in [-0.1, -0.05) is 12.1 Å². The van der Waals surface area contributed by atoms with Crippen LogP contribution < -0.4 is 10.9 Å². The van der Waals surface area contributed by atoms with Crippen molar-refractivity contribution in [1.29, 1.82) is 0 Å². The Labute approximate surface area is 237 Å². The van der Waals surface area contributed by atoms with Gasteiger partial charge in [0, 0.05) is 31.1 Å². The Hall–Kier alpha value is -3.84. The van der Waals surface area contributed by atoms with Gasteiger partial charge in [-0.2, -0.15) is 18.3 Å². The number of aromatic amines is 1. The summed E-state index contributed by atoms with van der Waals surface area (Å²) >= 11 is 0. The molecule has 0 unspecified atom stereocenters. The van der Waals surface area contributed by atoms with E-state index in [1.54, 1.807) is 17.9 Å². The van der Waals surface area contributed by atoms with E-state index in [1.165, 1.54) is 16.7 Å². The van der Waals surface area contributed by atoms with Gasteiger partial charge in [0.2, 0.25) is 0 Å². The number of alkyl halides is 3. The standard InChI is InChI=1S/C28H30F5N7O2/c1-15-13-19(24(41)37-35-15)16-7-11-39(12-8-16)26(42)34-21-6-5-17(18-3-2-4-20(29)22(18)30)14-40-23(21)36-38-25(40)27(9-10-27)28(31,32)33/h2-4,13,16-17,21H,5-12,14H2,1H3,(H,34,42)(H,37,41)/t17-,21-/m1/s1. The number of hydrogen-bond acceptors (Lipinski definition) is 5. The lowest BCUT2D eigenvalue weighted by atomic mass is 9.90. The number of rotatable bonds is 4. The van der Waals surface area contributed by atoms with Gasteiger partial charge in [0.1, 0.15) is 11.2 Å². The van der Waals surface area contributed by atoms with E-state index < -0.39 is 41.2 Å². The molecule has 0 radical (unpaired) electrons. The molecule has 42 heavy (non-hydrogen) atoms. The molecule has 1 aliphatic carbocycles. The molecule has 2 amide bonds. The molecule has 4 heterocycles. The van der Waals surface area contributed by atoms with Crippen molar-refractivity contribution >= 4 is 6.03 Å². The van der Waals surface area contributed by atoms with Gasteiger partial charge < -0.3 is 14.8 Å². The first-order valence-corrected chi connectivity index (χ1v) is 14.0. The summed E-state index contributed by atoms with van der Waals surface area (Å²) < 4.78 is 72.7. The second-order valence-corrected chi connectivity index (χ2v) is 11.5. The maximum atomic E-state index is 14.8. The molecular weight excluding hydrogens is 561 g/mol. The first kappa shape index (κ1) is 28.3. The number of hydrogen-bond donors (Lipinski definition) is 2. The normalized spacial score (nSPS) is 22.4. The van der Waals surface area contributed by atoms with Crippen LogP contribution in [0.15, 0.2) is 29.1 Å². The van der Waals surface area contributed by atoms with Crippen molar-refractivity contribution in [3.05, 3.63) is 74.7 Å². The molecule has 3 aliphatic rings. The fraction of sp³-hybridized carbons (Fsp3) is 0.536. The van der Waals surface area contributed by atoms with Crippen LogP contribution in [0, 0.1) is 18.6 Å². The van der Waals surface area contributed by atoms with E-state index in [2.05, 4.69) is 25.7 Å². The fourth-order valence-corrected chi connectivity index (χ4v) is 6.36. The molecule has 1 saturated heterocycles. The highest BCUT2D eigenvalue weighted by molar-refractivity contribution is 5.74. The lowest BCUT2D eigenvalue weighted by molar-refractivity contribution is -0.163. The van der Waals surface area contributed by atoms with Crippen LogP contribution in [-0.4, -0.2) is 55.2 Å². The molecule has 2 atom stereocenters. The number of aryl methyl sites for hydroxylation is 1. The van der Waals surface area contributed by atoms with Crippen molar-refractivity contribution in [3.8, 4) is 0 Å². The van der Waals surface area contributed by atoms with Gasteiger partial charge in [0.05, 0.1) is 11.7 Å². The van der Waals surface area contributed by atoms with Crippen LogP contribution in [0.4, 0.5) is 26.7 Å². The molecular formula is C28H30F5N7O2. The average molecular weight is 592 g/mol. The summed E-state index contributed by atoms with van der Waals surface area (Å²) in [7, 11) is 0. The van der Waals surface area contributed by atoms with E-state index in [-0.39, 0.29) is 60.9 Å². The predicted octanol–water partition coefficient (Wildman–Crippen LogP) is 4.75. The maximum absolute atomic E-state index is 14.8. The maximum Gasteiger partial charge on any atom is 0.401 e. The number of fused-ring (bicyclic) bond motifs is 1. The number of carbonyl (C=O) groups excluding carboxylic acids is 1. The molecule has 14 heteroatoms. The van der Waals surface area contributed by atoms with Crippen molar-refractivity contribution < 1.29 is 26.7 Å². The number of nitrogens with zero attached hydrogens (tertiary/aromatic N) is 5. The third kappa shape index (κ3) is 4.94. The van der Waals surface area contributed by atoms with Gasteiger partial charge in [-0.25, -0.2) is 18.7 Å². The number of urea groups is 1. The number of H-pyrrole nitrogens is 1. The molecule has 3 aromatic rings. The zero-order chi connectivity index (χ0) is 29.8. The highest BCUT2D eigenvalue weighted by Crippen LogP contribution is 2.58. The van der Waals surface area contributed by atoms with E-state index in [1.807, 2.05) is 0 Å². The third-order valence-corrected chi connectivity index (χ3v) is 8.92. The van der Waals surface area contributed by atoms with Crippen molar-refractivity contribution in [2.45, 2.75) is 81.5 Å². The molecule has 0 spiro atoms. The smallest absolute Gasteiger partial charge is 0.328 e. The van der Waals surface area contributed by atoms with E-state index in [9.17, 15) is 31.5 Å². The van der Waals surface area contributed by atoms with E-state index in [0.717, 1.165) is 6.07 Å². The number of carbonyl (C=O) groups is 1. The van der Waals surface area contributed by atoms with Crippen LogP contribution in [0.5, 0.6) is 0 Å². The molecule has 1 aromatic carbocycles. The van der Waals surface area contributed by atoms with Crippen molar-refractivity contribution in [2.75, 3.05) is 13.1 Å². The van der Waals surface area contributed by atoms with Gasteiger partial charge in [-0.3, -0.25) is 4.79 Å². The molecule has 1 saturated carbocycles. The second-order valence-electron chi connectivity index (χ2n) is 11.5. The number of likely N-dealkylation sites (tertiary alicyclic amines) is 1. The fourth-order valence-electron chi connectivity index (χ4n) is 6.36. The second kappa shape index (κ2) is 10.5. The third-order valence-electron chi connectivity index (χ3n) is 8.92. The number of nitrogens with one attached hydrogen (secondary N) is 2. The van der Waals surface area contributed by atoms with Gasteiger partial charge in [0.15, 0.2) is 17.5 Å². The monoisotopic (exact) mass is 591 g/mol. The summed E-state index contributed by atoms with van der Waals surface area (Å²) in [5.74, 6) is -2.86. The van der Waals surface area contributed by atoms with E-state index in [0.29, 0.717) is 37.2 Å². The largest absolute Gasteiger partial charge is 0.401 e.